The molecule has 1 aliphatic heterocycles. The van der Waals surface area contributed by atoms with Crippen LogP contribution in [0.15, 0.2) is 41.4 Å². The van der Waals surface area contributed by atoms with E-state index in [0.29, 0.717) is 6.04 Å². The van der Waals surface area contributed by atoms with Crippen molar-refractivity contribution in [2.24, 2.45) is 4.99 Å². The molecule has 0 saturated carbocycles. The zero-order valence-electron chi connectivity index (χ0n) is 17.7. The van der Waals surface area contributed by atoms with Gasteiger partial charge in [0.15, 0.2) is 0 Å². The Bertz CT molecular complexity index is 797. The Morgan fingerprint density at radius 2 is 1.41 bits per heavy atom. The second-order valence-electron chi connectivity index (χ2n) is 7.85. The quantitative estimate of drug-likeness (QED) is 0.626. The van der Waals surface area contributed by atoms with Crippen molar-refractivity contribution in [3.8, 4) is 0 Å². The molecule has 0 aromatic heterocycles. The summed E-state index contributed by atoms with van der Waals surface area (Å²) in [6.07, 6.45) is 2.29. The first-order chi connectivity index (χ1) is 13.0. The van der Waals surface area contributed by atoms with Crippen molar-refractivity contribution in [1.29, 1.82) is 0 Å². The topological polar surface area (TPSA) is 18.8 Å². The van der Waals surface area contributed by atoms with Crippen LogP contribution in [0.2, 0.25) is 0 Å². The molecule has 0 spiro atoms. The zero-order valence-corrected chi connectivity index (χ0v) is 17.7. The average molecular weight is 364 g/mol. The van der Waals surface area contributed by atoms with Gasteiger partial charge in [-0.15, -0.1) is 0 Å². The average Bonchev–Trinajstić information content (AvgIpc) is 2.91. The Kier molecular flexibility index (Phi) is 5.88. The Morgan fingerprint density at radius 1 is 0.889 bits per heavy atom. The molecule has 1 aliphatic rings. The van der Waals surface area contributed by atoms with Gasteiger partial charge in [-0.05, 0) is 63.3 Å². The first kappa shape index (κ1) is 19.5. The van der Waals surface area contributed by atoms with Crippen LogP contribution in [-0.2, 0) is 0 Å². The Labute approximate surface area is 164 Å². The fraction of sp³-hybridized carbons (Fsp3) is 0.458. The van der Waals surface area contributed by atoms with Crippen molar-refractivity contribution >= 4 is 17.3 Å². The number of unbranched alkanes of at least 4 members (excludes halogenated alkanes) is 1. The highest BCUT2D eigenvalue weighted by Crippen LogP contribution is 2.35. The molecule has 27 heavy (non-hydrogen) atoms. The van der Waals surface area contributed by atoms with Gasteiger partial charge in [-0.2, -0.15) is 0 Å². The van der Waals surface area contributed by atoms with E-state index in [0.717, 1.165) is 25.5 Å². The Balaban J connectivity index is 2.12. The number of rotatable bonds is 5. The molecule has 1 atom stereocenters. The van der Waals surface area contributed by atoms with E-state index in [9.17, 15) is 0 Å². The minimum atomic E-state index is 0.379. The molecule has 1 heterocycles. The number of hydrogen-bond donors (Lipinski definition) is 0. The maximum atomic E-state index is 5.11. The fourth-order valence-electron chi connectivity index (χ4n) is 4.18. The number of hydrogen-bond acceptors (Lipinski definition) is 1. The lowest BCUT2D eigenvalue weighted by Crippen LogP contribution is -2.37. The van der Waals surface area contributed by atoms with Crippen LogP contribution < -0.4 is 9.80 Å². The van der Waals surface area contributed by atoms with Gasteiger partial charge in [0.05, 0.1) is 6.04 Å². The van der Waals surface area contributed by atoms with Crippen molar-refractivity contribution in [3.63, 3.8) is 0 Å². The molecule has 0 bridgehead atoms. The van der Waals surface area contributed by atoms with E-state index < -0.39 is 0 Å². The van der Waals surface area contributed by atoms with E-state index in [2.05, 4.69) is 87.7 Å². The lowest BCUT2D eigenvalue weighted by Gasteiger charge is -2.29. The summed E-state index contributed by atoms with van der Waals surface area (Å²) in [5.41, 5.74) is 7.88. The third-order valence-corrected chi connectivity index (χ3v) is 5.50. The van der Waals surface area contributed by atoms with Gasteiger partial charge in [0, 0.05) is 24.5 Å². The largest absolute Gasteiger partial charge is 0.310 e. The summed E-state index contributed by atoms with van der Waals surface area (Å²) in [5.74, 6) is 1.10. The van der Waals surface area contributed by atoms with Gasteiger partial charge < -0.3 is 9.80 Å². The normalized spacial score (nSPS) is 18.6. The molecule has 1 saturated heterocycles. The monoisotopic (exact) mass is 363 g/mol. The second kappa shape index (κ2) is 8.16. The summed E-state index contributed by atoms with van der Waals surface area (Å²) < 4.78 is 0. The lowest BCUT2D eigenvalue weighted by atomic mass is 10.1. The van der Waals surface area contributed by atoms with Crippen LogP contribution in [0.1, 0.15) is 48.9 Å². The molecule has 3 heteroatoms. The maximum Gasteiger partial charge on any atom is 0.206 e. The number of guanidine groups is 1. The molecule has 0 amide bonds. The smallest absolute Gasteiger partial charge is 0.206 e. The molecular formula is C24H33N3. The van der Waals surface area contributed by atoms with E-state index >= 15 is 0 Å². The van der Waals surface area contributed by atoms with Gasteiger partial charge in [0.1, 0.15) is 0 Å². The van der Waals surface area contributed by atoms with Gasteiger partial charge in [-0.1, -0.05) is 49.7 Å². The molecular weight excluding hydrogens is 330 g/mol. The van der Waals surface area contributed by atoms with Crippen LogP contribution >= 0.6 is 0 Å². The third-order valence-electron chi connectivity index (χ3n) is 5.50. The molecule has 144 valence electrons. The highest BCUT2D eigenvalue weighted by molar-refractivity contribution is 6.11. The first-order valence-corrected chi connectivity index (χ1v) is 10.2. The minimum Gasteiger partial charge on any atom is -0.310 e. The summed E-state index contributed by atoms with van der Waals surface area (Å²) in [6.45, 7) is 15.2. The SMILES string of the molecule is CCCCN=C1N(c2c(C)cccc2C)CC(C)N1c1c(C)cccc1C. The molecule has 1 fully saturated rings. The van der Waals surface area contributed by atoms with Crippen molar-refractivity contribution < 1.29 is 0 Å². The van der Waals surface area contributed by atoms with E-state index in [1.165, 1.54) is 40.0 Å². The second-order valence-corrected chi connectivity index (χ2v) is 7.85. The summed E-state index contributed by atoms with van der Waals surface area (Å²) in [6, 6.07) is 13.5. The van der Waals surface area contributed by atoms with Crippen LogP contribution in [0, 0.1) is 27.7 Å². The molecule has 2 aromatic rings. The van der Waals surface area contributed by atoms with Crippen molar-refractivity contribution in [2.45, 2.75) is 60.4 Å². The van der Waals surface area contributed by atoms with Crippen molar-refractivity contribution in [1.82, 2.24) is 0 Å². The van der Waals surface area contributed by atoms with E-state index in [4.69, 9.17) is 4.99 Å². The van der Waals surface area contributed by atoms with Gasteiger partial charge in [0.25, 0.3) is 0 Å². The summed E-state index contributed by atoms with van der Waals surface area (Å²) in [7, 11) is 0. The van der Waals surface area contributed by atoms with Gasteiger partial charge >= 0.3 is 0 Å². The molecule has 1 unspecified atom stereocenters. The van der Waals surface area contributed by atoms with Gasteiger partial charge in [0.2, 0.25) is 5.96 Å². The fourth-order valence-corrected chi connectivity index (χ4v) is 4.18. The third kappa shape index (κ3) is 3.73. The Hall–Kier alpha value is -2.29. The predicted molar refractivity (Wildman–Crippen MR) is 118 cm³/mol. The highest BCUT2D eigenvalue weighted by Gasteiger charge is 2.36. The zero-order chi connectivity index (χ0) is 19.6. The first-order valence-electron chi connectivity index (χ1n) is 10.2. The standard InChI is InChI=1S/C24H33N3/c1-7-8-15-25-24-26(22-17(2)11-9-12-18(22)3)16-21(6)27(24)23-19(4)13-10-14-20(23)5/h9-14,21H,7-8,15-16H2,1-6H3. The summed E-state index contributed by atoms with van der Waals surface area (Å²) in [5, 5.41) is 0. The summed E-state index contributed by atoms with van der Waals surface area (Å²) >= 11 is 0. The number of anilines is 2. The number of para-hydroxylation sites is 2. The summed E-state index contributed by atoms with van der Waals surface area (Å²) in [4.78, 5) is 10.0. The number of aliphatic imine (C=N–C) groups is 1. The van der Waals surface area contributed by atoms with Crippen LogP contribution in [0.3, 0.4) is 0 Å². The van der Waals surface area contributed by atoms with E-state index in [1.54, 1.807) is 0 Å². The van der Waals surface area contributed by atoms with Crippen LogP contribution in [0.5, 0.6) is 0 Å². The van der Waals surface area contributed by atoms with Crippen LogP contribution in [-0.4, -0.2) is 25.1 Å². The molecule has 2 aromatic carbocycles. The molecule has 3 rings (SSSR count). The highest BCUT2D eigenvalue weighted by atomic mass is 15.5. The van der Waals surface area contributed by atoms with E-state index in [-0.39, 0.29) is 0 Å². The number of nitrogens with zero attached hydrogens (tertiary/aromatic N) is 3. The van der Waals surface area contributed by atoms with E-state index in [1.807, 2.05) is 0 Å². The number of aryl methyl sites for hydroxylation is 4. The molecule has 0 aliphatic carbocycles. The Morgan fingerprint density at radius 3 is 1.93 bits per heavy atom. The molecule has 3 nitrogen and oxygen atoms in total. The minimum absolute atomic E-state index is 0.379. The van der Waals surface area contributed by atoms with Crippen molar-refractivity contribution in [2.75, 3.05) is 22.9 Å². The molecule has 0 N–H and O–H groups in total. The number of benzene rings is 2. The van der Waals surface area contributed by atoms with Crippen LogP contribution in [0.25, 0.3) is 0 Å². The van der Waals surface area contributed by atoms with Crippen molar-refractivity contribution in [3.05, 3.63) is 58.7 Å². The predicted octanol–water partition coefficient (Wildman–Crippen LogP) is 5.79. The van der Waals surface area contributed by atoms with Crippen LogP contribution in [0.4, 0.5) is 11.4 Å². The van der Waals surface area contributed by atoms with Gasteiger partial charge in [-0.25, -0.2) is 0 Å². The lowest BCUT2D eigenvalue weighted by molar-refractivity contribution is 0.786. The molecule has 0 radical (unpaired) electrons. The van der Waals surface area contributed by atoms with Gasteiger partial charge in [-0.3, -0.25) is 4.99 Å². The maximum absolute atomic E-state index is 5.11.